The lowest BCUT2D eigenvalue weighted by Gasteiger charge is -2.11. The van der Waals surface area contributed by atoms with Crippen LogP contribution in [-0.4, -0.2) is 15.7 Å². The number of aromatic nitrogens is 2. The van der Waals surface area contributed by atoms with Gasteiger partial charge in [-0.25, -0.2) is 4.39 Å². The second-order valence-electron chi connectivity index (χ2n) is 4.78. The summed E-state index contributed by atoms with van der Waals surface area (Å²) in [5.74, 6) is -0.542. The monoisotopic (exact) mass is 290 g/mol. The van der Waals surface area contributed by atoms with Crippen LogP contribution in [0.1, 0.15) is 26.0 Å². The smallest absolute Gasteiger partial charge is 0.221 e. The first kappa shape index (κ1) is 15.0. The number of hydrogen-bond donors (Lipinski definition) is 2. The third-order valence-electron chi connectivity index (χ3n) is 2.99. The van der Waals surface area contributed by atoms with Gasteiger partial charge in [-0.3, -0.25) is 9.48 Å². The number of amides is 1. The van der Waals surface area contributed by atoms with Gasteiger partial charge in [-0.2, -0.15) is 5.10 Å². The van der Waals surface area contributed by atoms with Crippen molar-refractivity contribution in [2.24, 2.45) is 0 Å². The lowest BCUT2D eigenvalue weighted by atomic mass is 10.2. The third-order valence-corrected chi connectivity index (χ3v) is 2.99. The van der Waals surface area contributed by atoms with Crippen LogP contribution in [0.3, 0.4) is 0 Å². The Morgan fingerprint density at radius 2 is 2.19 bits per heavy atom. The number of carbonyl (C=O) groups is 1. The summed E-state index contributed by atoms with van der Waals surface area (Å²) in [6.07, 6.45) is 2.72. The van der Waals surface area contributed by atoms with E-state index in [0.29, 0.717) is 17.9 Å². The summed E-state index contributed by atoms with van der Waals surface area (Å²) < 4.78 is 15.7. The highest BCUT2D eigenvalue weighted by atomic mass is 19.1. The predicted molar refractivity (Wildman–Crippen MR) is 80.5 cm³/mol. The van der Waals surface area contributed by atoms with Gasteiger partial charge in [0, 0.05) is 25.4 Å². The first-order chi connectivity index (χ1) is 10.1. The van der Waals surface area contributed by atoms with Crippen LogP contribution < -0.4 is 10.6 Å². The first-order valence-electron chi connectivity index (χ1n) is 6.92. The average molecular weight is 290 g/mol. The van der Waals surface area contributed by atoms with E-state index in [1.54, 1.807) is 12.3 Å². The van der Waals surface area contributed by atoms with E-state index in [-0.39, 0.29) is 11.7 Å². The van der Waals surface area contributed by atoms with Gasteiger partial charge in [-0.15, -0.1) is 0 Å². The number of anilines is 2. The van der Waals surface area contributed by atoms with E-state index in [4.69, 9.17) is 0 Å². The number of hydrogen-bond acceptors (Lipinski definition) is 3. The number of carbonyl (C=O) groups excluding carboxylic acids is 1. The molecule has 2 N–H and O–H groups in total. The Bertz CT molecular complexity index is 624. The highest BCUT2D eigenvalue weighted by Gasteiger charge is 2.06. The lowest BCUT2D eigenvalue weighted by molar-refractivity contribution is -0.114. The van der Waals surface area contributed by atoms with Crippen LogP contribution in [0.25, 0.3) is 0 Å². The molecule has 0 spiro atoms. The van der Waals surface area contributed by atoms with Gasteiger partial charge in [-0.1, -0.05) is 6.92 Å². The Labute approximate surface area is 123 Å². The molecule has 2 rings (SSSR count). The predicted octanol–water partition coefficient (Wildman–Crippen LogP) is 3.00. The molecule has 0 aliphatic heterocycles. The summed E-state index contributed by atoms with van der Waals surface area (Å²) in [5, 5.41) is 9.90. The molecule has 1 aromatic carbocycles. The summed E-state index contributed by atoms with van der Waals surface area (Å²) in [6, 6.07) is 6.34. The molecule has 0 saturated heterocycles. The van der Waals surface area contributed by atoms with E-state index in [0.717, 1.165) is 18.7 Å². The number of halogens is 1. The summed E-state index contributed by atoms with van der Waals surface area (Å²) >= 11 is 0. The number of nitrogens with zero attached hydrogens (tertiary/aromatic N) is 2. The zero-order chi connectivity index (χ0) is 15.2. The fraction of sp³-hybridized carbons (Fsp3) is 0.333. The second-order valence-corrected chi connectivity index (χ2v) is 4.78. The van der Waals surface area contributed by atoms with Crippen molar-refractivity contribution in [2.75, 3.05) is 10.6 Å². The lowest BCUT2D eigenvalue weighted by Crippen LogP contribution is -2.10. The van der Waals surface area contributed by atoms with Gasteiger partial charge in [0.05, 0.1) is 17.9 Å². The molecule has 2 aromatic rings. The van der Waals surface area contributed by atoms with Crippen molar-refractivity contribution in [3.05, 3.63) is 42.0 Å². The maximum absolute atomic E-state index is 13.8. The minimum Gasteiger partial charge on any atom is -0.377 e. The minimum absolute atomic E-state index is 0.186. The van der Waals surface area contributed by atoms with Crippen molar-refractivity contribution < 1.29 is 9.18 Å². The largest absolute Gasteiger partial charge is 0.377 e. The Morgan fingerprint density at radius 3 is 2.90 bits per heavy atom. The maximum Gasteiger partial charge on any atom is 0.221 e. The van der Waals surface area contributed by atoms with Gasteiger partial charge in [0.25, 0.3) is 0 Å². The minimum atomic E-state index is -0.356. The summed E-state index contributed by atoms with van der Waals surface area (Å²) in [5.41, 5.74) is 1.90. The van der Waals surface area contributed by atoms with E-state index in [2.05, 4.69) is 22.7 Å². The van der Waals surface area contributed by atoms with Crippen LogP contribution >= 0.6 is 0 Å². The Morgan fingerprint density at radius 1 is 1.38 bits per heavy atom. The number of rotatable bonds is 6. The molecule has 0 atom stereocenters. The van der Waals surface area contributed by atoms with E-state index in [9.17, 15) is 9.18 Å². The van der Waals surface area contributed by atoms with Crippen LogP contribution in [0.5, 0.6) is 0 Å². The van der Waals surface area contributed by atoms with Gasteiger partial charge in [0.1, 0.15) is 5.82 Å². The van der Waals surface area contributed by atoms with E-state index >= 15 is 0 Å². The SMILES string of the molecule is CCCn1nccc1CNc1cc(NC(C)=O)ccc1F. The molecule has 0 saturated carbocycles. The fourth-order valence-electron chi connectivity index (χ4n) is 2.05. The van der Waals surface area contributed by atoms with Gasteiger partial charge in [0.2, 0.25) is 5.91 Å². The van der Waals surface area contributed by atoms with Gasteiger partial charge in [0.15, 0.2) is 0 Å². The quantitative estimate of drug-likeness (QED) is 0.859. The Kier molecular flexibility index (Phi) is 4.92. The summed E-state index contributed by atoms with van der Waals surface area (Å²) in [6.45, 7) is 4.80. The first-order valence-corrected chi connectivity index (χ1v) is 6.92. The molecule has 0 aliphatic rings. The summed E-state index contributed by atoms with van der Waals surface area (Å²) in [7, 11) is 0. The van der Waals surface area contributed by atoms with E-state index in [1.807, 2.05) is 10.7 Å². The molecule has 0 bridgehead atoms. The molecule has 0 fully saturated rings. The normalized spacial score (nSPS) is 10.4. The maximum atomic E-state index is 13.8. The highest BCUT2D eigenvalue weighted by molar-refractivity contribution is 5.89. The van der Waals surface area contributed by atoms with Crippen LogP contribution in [-0.2, 0) is 17.9 Å². The van der Waals surface area contributed by atoms with Crippen LogP contribution in [0.2, 0.25) is 0 Å². The van der Waals surface area contributed by atoms with E-state index < -0.39 is 0 Å². The molecule has 6 heteroatoms. The zero-order valence-corrected chi connectivity index (χ0v) is 12.2. The van der Waals surface area contributed by atoms with E-state index in [1.165, 1.54) is 19.1 Å². The molecule has 1 aromatic heterocycles. The molecule has 0 radical (unpaired) electrons. The topological polar surface area (TPSA) is 59.0 Å². The summed E-state index contributed by atoms with van der Waals surface area (Å²) in [4.78, 5) is 11.0. The molecule has 1 amide bonds. The zero-order valence-electron chi connectivity index (χ0n) is 12.2. The van der Waals surface area contributed by atoms with Crippen LogP contribution in [0.4, 0.5) is 15.8 Å². The molecular weight excluding hydrogens is 271 g/mol. The van der Waals surface area contributed by atoms with Crippen LogP contribution in [0.15, 0.2) is 30.5 Å². The van der Waals surface area contributed by atoms with Crippen molar-refractivity contribution in [2.45, 2.75) is 33.4 Å². The van der Waals surface area contributed by atoms with Gasteiger partial charge in [-0.05, 0) is 30.7 Å². The third kappa shape index (κ3) is 4.05. The number of nitrogens with one attached hydrogen (secondary N) is 2. The Hall–Kier alpha value is -2.37. The van der Waals surface area contributed by atoms with Gasteiger partial charge < -0.3 is 10.6 Å². The van der Waals surface area contributed by atoms with Gasteiger partial charge >= 0.3 is 0 Å². The van der Waals surface area contributed by atoms with Crippen molar-refractivity contribution in [1.82, 2.24) is 9.78 Å². The molecular formula is C15H19FN4O. The molecule has 1 heterocycles. The Balaban J connectivity index is 2.08. The van der Waals surface area contributed by atoms with Crippen LogP contribution in [0, 0.1) is 5.82 Å². The van der Waals surface area contributed by atoms with Crippen molar-refractivity contribution in [1.29, 1.82) is 0 Å². The molecule has 5 nitrogen and oxygen atoms in total. The average Bonchev–Trinajstić information content (AvgIpc) is 2.87. The van der Waals surface area contributed by atoms with Crippen molar-refractivity contribution in [3.63, 3.8) is 0 Å². The highest BCUT2D eigenvalue weighted by Crippen LogP contribution is 2.20. The standard InChI is InChI=1S/C15H19FN4O/c1-3-8-20-13(6-7-18-20)10-17-15-9-12(19-11(2)21)4-5-14(15)16/h4-7,9,17H,3,8,10H2,1-2H3,(H,19,21). The van der Waals surface area contributed by atoms with Crippen molar-refractivity contribution >= 4 is 17.3 Å². The molecule has 112 valence electrons. The molecule has 21 heavy (non-hydrogen) atoms. The van der Waals surface area contributed by atoms with Crippen molar-refractivity contribution in [3.8, 4) is 0 Å². The fourth-order valence-corrected chi connectivity index (χ4v) is 2.05. The second kappa shape index (κ2) is 6.88. The number of aryl methyl sites for hydroxylation is 1. The molecule has 0 unspecified atom stereocenters. The molecule has 0 aliphatic carbocycles. The number of benzene rings is 1.